The average molecular weight is 355 g/mol. The van der Waals surface area contributed by atoms with E-state index in [4.69, 9.17) is 0 Å². The molecule has 0 unspecified atom stereocenters. The lowest BCUT2D eigenvalue weighted by atomic mass is 9.95. The van der Waals surface area contributed by atoms with Gasteiger partial charge in [-0.3, -0.25) is 14.4 Å². The number of amides is 1. The number of hydrogen-bond donors (Lipinski definition) is 1. The minimum absolute atomic E-state index is 0.0726. The van der Waals surface area contributed by atoms with Gasteiger partial charge in [0.2, 0.25) is 21.5 Å². The Labute approximate surface area is 144 Å². The predicted octanol–water partition coefficient (Wildman–Crippen LogP) is 2.38. The van der Waals surface area contributed by atoms with E-state index in [1.807, 2.05) is 0 Å². The Kier molecular flexibility index (Phi) is 4.10. The number of carbonyl (C=O) groups is 3. The lowest BCUT2D eigenvalue weighted by Gasteiger charge is -2.15. The first kappa shape index (κ1) is 16.8. The Hall–Kier alpha value is -3.06. The van der Waals surface area contributed by atoms with Crippen molar-refractivity contribution in [1.29, 1.82) is 0 Å². The van der Waals surface area contributed by atoms with E-state index in [9.17, 15) is 22.8 Å². The predicted molar refractivity (Wildman–Crippen MR) is 91.1 cm³/mol. The van der Waals surface area contributed by atoms with E-state index in [1.165, 1.54) is 43.3 Å². The van der Waals surface area contributed by atoms with Gasteiger partial charge in [-0.2, -0.15) is 0 Å². The van der Waals surface area contributed by atoms with Gasteiger partial charge >= 0.3 is 0 Å². The zero-order valence-electron chi connectivity index (χ0n) is 13.1. The first-order valence-corrected chi connectivity index (χ1v) is 8.81. The molecule has 2 aromatic carbocycles. The molecule has 0 saturated carbocycles. The second-order valence-corrected chi connectivity index (χ2v) is 7.37. The summed E-state index contributed by atoms with van der Waals surface area (Å²) in [4.78, 5) is 35.0. The van der Waals surface area contributed by atoms with Crippen LogP contribution in [0.5, 0.6) is 0 Å². The largest absolute Gasteiger partial charge is 0.326 e. The van der Waals surface area contributed by atoms with Gasteiger partial charge in [0, 0.05) is 29.8 Å². The van der Waals surface area contributed by atoms with E-state index < -0.39 is 26.3 Å². The summed E-state index contributed by atoms with van der Waals surface area (Å²) in [6.07, 6.45) is 0.863. The maximum atomic E-state index is 12.8. The van der Waals surface area contributed by atoms with Gasteiger partial charge in [-0.25, -0.2) is 8.42 Å². The van der Waals surface area contributed by atoms with Crippen LogP contribution in [0.3, 0.4) is 0 Å². The third-order valence-corrected chi connectivity index (χ3v) is 5.47. The van der Waals surface area contributed by atoms with Crippen LogP contribution in [0.1, 0.15) is 27.6 Å². The van der Waals surface area contributed by atoms with E-state index in [0.29, 0.717) is 5.69 Å². The van der Waals surface area contributed by atoms with E-state index in [1.54, 1.807) is 12.1 Å². The molecule has 3 rings (SSSR count). The van der Waals surface area contributed by atoms with E-state index >= 15 is 0 Å². The van der Waals surface area contributed by atoms with Gasteiger partial charge in [0.05, 0.1) is 4.90 Å². The number of nitrogens with one attached hydrogen (secondary N) is 1. The molecular formula is C18H13NO5S. The number of allylic oxidation sites excluding steroid dienone is 2. The van der Waals surface area contributed by atoms with Crippen LogP contribution in [0.4, 0.5) is 5.69 Å². The summed E-state index contributed by atoms with van der Waals surface area (Å²) in [5.74, 6) is -1.52. The number of anilines is 1. The van der Waals surface area contributed by atoms with Crippen LogP contribution < -0.4 is 5.32 Å². The van der Waals surface area contributed by atoms with Gasteiger partial charge in [-0.05, 0) is 24.3 Å². The Morgan fingerprint density at radius 3 is 2.12 bits per heavy atom. The van der Waals surface area contributed by atoms with Gasteiger partial charge in [0.25, 0.3) is 0 Å². The number of ketones is 2. The van der Waals surface area contributed by atoms with Crippen LogP contribution in [0.15, 0.2) is 64.4 Å². The maximum absolute atomic E-state index is 12.8. The van der Waals surface area contributed by atoms with Crippen LogP contribution in [0.2, 0.25) is 0 Å². The molecule has 0 radical (unpaired) electrons. The number of Topliss-reactive ketones (excluding diaryl/α,β-unsaturated/α-hetero) is 1. The number of rotatable bonds is 3. The Morgan fingerprint density at radius 2 is 1.52 bits per heavy atom. The van der Waals surface area contributed by atoms with Crippen LogP contribution in [0.25, 0.3) is 0 Å². The van der Waals surface area contributed by atoms with E-state index in [0.717, 1.165) is 6.08 Å². The lowest BCUT2D eigenvalue weighted by molar-refractivity contribution is -0.114. The first-order valence-electron chi connectivity index (χ1n) is 7.33. The fourth-order valence-electron chi connectivity index (χ4n) is 2.54. The Balaban J connectivity index is 2.02. The molecule has 25 heavy (non-hydrogen) atoms. The Bertz CT molecular complexity index is 1030. The zero-order chi connectivity index (χ0) is 18.2. The van der Waals surface area contributed by atoms with Gasteiger partial charge in [0.1, 0.15) is 4.91 Å². The molecule has 1 amide bonds. The third kappa shape index (κ3) is 3.01. The van der Waals surface area contributed by atoms with Crippen molar-refractivity contribution in [3.05, 3.63) is 70.6 Å². The molecule has 0 saturated heterocycles. The smallest absolute Gasteiger partial charge is 0.221 e. The van der Waals surface area contributed by atoms with Crippen molar-refractivity contribution in [1.82, 2.24) is 0 Å². The highest BCUT2D eigenvalue weighted by atomic mass is 32.2. The van der Waals surface area contributed by atoms with Crippen LogP contribution in [-0.2, 0) is 14.6 Å². The minimum Gasteiger partial charge on any atom is -0.326 e. The molecule has 0 heterocycles. The lowest BCUT2D eigenvalue weighted by Crippen LogP contribution is -2.22. The van der Waals surface area contributed by atoms with Crippen molar-refractivity contribution in [2.75, 3.05) is 5.32 Å². The average Bonchev–Trinajstić information content (AvgIpc) is 2.58. The molecular weight excluding hydrogens is 342 g/mol. The monoisotopic (exact) mass is 355 g/mol. The number of carbonyl (C=O) groups excluding carboxylic acids is 3. The fourth-order valence-corrected chi connectivity index (χ4v) is 3.90. The third-order valence-electron chi connectivity index (χ3n) is 3.70. The van der Waals surface area contributed by atoms with Crippen LogP contribution >= 0.6 is 0 Å². The van der Waals surface area contributed by atoms with Crippen molar-refractivity contribution in [2.24, 2.45) is 0 Å². The summed E-state index contributed by atoms with van der Waals surface area (Å²) in [6, 6.07) is 11.5. The molecule has 1 N–H and O–H groups in total. The normalized spacial score (nSPS) is 13.9. The molecule has 0 aliphatic heterocycles. The number of benzene rings is 2. The molecule has 0 aromatic heterocycles. The molecule has 6 nitrogen and oxygen atoms in total. The molecule has 0 fully saturated rings. The highest BCUT2D eigenvalue weighted by molar-refractivity contribution is 7.96. The molecule has 0 spiro atoms. The summed E-state index contributed by atoms with van der Waals surface area (Å²) < 4.78 is 25.5. The summed E-state index contributed by atoms with van der Waals surface area (Å²) in [6.45, 7) is 1.33. The summed E-state index contributed by atoms with van der Waals surface area (Å²) >= 11 is 0. The van der Waals surface area contributed by atoms with Crippen molar-refractivity contribution in [3.8, 4) is 0 Å². The quantitative estimate of drug-likeness (QED) is 0.912. The van der Waals surface area contributed by atoms with Gasteiger partial charge < -0.3 is 5.32 Å². The van der Waals surface area contributed by atoms with Crippen molar-refractivity contribution in [3.63, 3.8) is 0 Å². The Morgan fingerprint density at radius 1 is 0.920 bits per heavy atom. The topological polar surface area (TPSA) is 97.4 Å². The molecule has 2 aromatic rings. The molecule has 126 valence electrons. The summed E-state index contributed by atoms with van der Waals surface area (Å²) in [5, 5.41) is 2.52. The highest BCUT2D eigenvalue weighted by Crippen LogP contribution is 2.29. The molecule has 1 aliphatic rings. The molecule has 0 atom stereocenters. The number of fused-ring (bicyclic) bond motifs is 1. The first-order chi connectivity index (χ1) is 11.8. The van der Waals surface area contributed by atoms with Crippen molar-refractivity contribution < 1.29 is 22.8 Å². The van der Waals surface area contributed by atoms with Gasteiger partial charge in [-0.1, -0.05) is 24.3 Å². The standard InChI is InChI=1S/C18H13NO5S/c1-11(20)19-12-6-8-13(9-7-12)25(23,24)17-10-16(21)14-4-2-3-5-15(14)18(17)22/h2-10H,1H3,(H,19,20). The fraction of sp³-hybridized carbons (Fsp3) is 0.0556. The molecule has 1 aliphatic carbocycles. The van der Waals surface area contributed by atoms with Crippen molar-refractivity contribution in [2.45, 2.75) is 11.8 Å². The SMILES string of the molecule is CC(=O)Nc1ccc(S(=O)(=O)C2=CC(=O)c3ccccc3C2=O)cc1. The molecule has 7 heteroatoms. The van der Waals surface area contributed by atoms with Crippen LogP contribution in [0, 0.1) is 0 Å². The molecule has 0 bridgehead atoms. The summed E-state index contributed by atoms with van der Waals surface area (Å²) in [5.41, 5.74) is 0.688. The summed E-state index contributed by atoms with van der Waals surface area (Å²) in [7, 11) is -4.15. The maximum Gasteiger partial charge on any atom is 0.221 e. The van der Waals surface area contributed by atoms with E-state index in [2.05, 4.69) is 5.32 Å². The highest BCUT2D eigenvalue weighted by Gasteiger charge is 2.34. The zero-order valence-corrected chi connectivity index (χ0v) is 14.0. The van der Waals surface area contributed by atoms with Crippen molar-refractivity contribution >= 4 is 33.0 Å². The van der Waals surface area contributed by atoms with Gasteiger partial charge in [0.15, 0.2) is 5.78 Å². The second-order valence-electron chi connectivity index (χ2n) is 5.46. The number of sulfone groups is 1. The van der Waals surface area contributed by atoms with E-state index in [-0.39, 0.29) is 21.9 Å². The second kappa shape index (κ2) is 6.10. The minimum atomic E-state index is -4.15. The number of hydrogen-bond acceptors (Lipinski definition) is 5. The van der Waals surface area contributed by atoms with Gasteiger partial charge in [-0.15, -0.1) is 0 Å². The van der Waals surface area contributed by atoms with Crippen LogP contribution in [-0.4, -0.2) is 25.9 Å².